The summed E-state index contributed by atoms with van der Waals surface area (Å²) in [6.07, 6.45) is 2.61. The Labute approximate surface area is 382 Å². The molecule has 2 saturated heterocycles. The monoisotopic (exact) mass is 910 g/mol. The number of piperazine rings is 1. The lowest BCUT2D eigenvalue weighted by Crippen LogP contribution is -2.69. The van der Waals surface area contributed by atoms with Gasteiger partial charge in [-0.2, -0.15) is 5.26 Å². The van der Waals surface area contributed by atoms with Gasteiger partial charge in [0.25, 0.3) is 0 Å². The van der Waals surface area contributed by atoms with Crippen LogP contribution in [-0.2, 0) is 42.3 Å². The average Bonchev–Trinajstić information content (AvgIpc) is 3.77. The highest BCUT2D eigenvalue weighted by Gasteiger charge is 2.62. The molecule has 1 spiro atoms. The molecular formula is C48H54N4O12S. The van der Waals surface area contributed by atoms with Gasteiger partial charge in [0.2, 0.25) is 6.79 Å². The molecule has 7 atom stereocenters. The fraction of sp³-hybridized carbons (Fsp3) is 0.521. The van der Waals surface area contributed by atoms with Crippen molar-refractivity contribution in [2.45, 2.75) is 114 Å². The molecule has 3 aromatic rings. The summed E-state index contributed by atoms with van der Waals surface area (Å²) in [4.78, 5) is 58.9. The highest BCUT2D eigenvalue weighted by molar-refractivity contribution is 7.99. The third kappa shape index (κ3) is 7.06. The van der Waals surface area contributed by atoms with Gasteiger partial charge in [0.05, 0.1) is 37.6 Å². The van der Waals surface area contributed by atoms with Crippen LogP contribution in [0.1, 0.15) is 108 Å². The number of benzene rings is 3. The second kappa shape index (κ2) is 17.4. The van der Waals surface area contributed by atoms with Crippen LogP contribution >= 0.6 is 11.8 Å². The normalized spacial score (nSPS) is 26.1. The van der Waals surface area contributed by atoms with E-state index in [1.165, 1.54) is 25.8 Å². The number of hydrogen-bond donors (Lipinski definition) is 1. The first kappa shape index (κ1) is 44.7. The predicted molar refractivity (Wildman–Crippen MR) is 236 cm³/mol. The summed E-state index contributed by atoms with van der Waals surface area (Å²) in [6, 6.07) is 5.24. The van der Waals surface area contributed by atoms with Gasteiger partial charge in [-0.3, -0.25) is 29.5 Å². The maximum Gasteiger partial charge on any atom is 0.331 e. The standard InChI is InChI=1S/C48H54N4O12S/c1-9-11-34(54)63-33-17-26-13-14-50-48(28(26)18-32(33)57-7)21-65-46-38-37(44-43(60-22-61-44)24(4)42(38)62-25(5)53)31(20-59-47(48)56)52-30(19-49)29-16-27-15-23(3)41(58-8)45(64-35(55)12-10-2)36(27)39(40(46)52)51(29)6/h15,17-18,29-31,39-40,46,50H,9-14,16,20-22H2,1-8H3/t29-,30+,31-,39+,40?,46-,48-/m1/s1. The number of rotatable bonds is 9. The zero-order valence-electron chi connectivity index (χ0n) is 37.9. The van der Waals surface area contributed by atoms with Crippen LogP contribution in [0, 0.1) is 25.2 Å². The van der Waals surface area contributed by atoms with Gasteiger partial charge in [-0.1, -0.05) is 19.9 Å². The molecule has 2 fully saturated rings. The van der Waals surface area contributed by atoms with Crippen molar-refractivity contribution >= 4 is 35.6 Å². The minimum absolute atomic E-state index is 0.0874. The van der Waals surface area contributed by atoms with Gasteiger partial charge in [0.1, 0.15) is 18.4 Å². The number of aryl methyl sites for hydroxylation is 1. The Balaban J connectivity index is 1.30. The van der Waals surface area contributed by atoms with Crippen molar-refractivity contribution in [2.24, 2.45) is 0 Å². The molecule has 0 aliphatic carbocycles. The van der Waals surface area contributed by atoms with E-state index in [1.54, 1.807) is 19.2 Å². The SMILES string of the molecule is CCCC(=O)Oc1cc2c(cc1OC)[C@@]1(CS[C@@H]3c4c(OC(C)=O)c(C)c5c(c4[C@@H](COC1=O)N1C3[C@@H]3c4c(cc(C)c(OC)c4OC(=O)CCC)C[C@H]([C@@H]1C#N)N3C)OCO5)NCC2. The number of fused-ring (bicyclic) bond motifs is 9. The van der Waals surface area contributed by atoms with Crippen LogP contribution in [0.4, 0.5) is 0 Å². The van der Waals surface area contributed by atoms with Crippen molar-refractivity contribution in [3.63, 3.8) is 0 Å². The number of esters is 4. The fourth-order valence-electron chi connectivity index (χ4n) is 11.1. The maximum atomic E-state index is 15.1. The Morgan fingerprint density at radius 2 is 1.65 bits per heavy atom. The van der Waals surface area contributed by atoms with Gasteiger partial charge in [0, 0.05) is 66.4 Å². The number of hydrogen-bond acceptors (Lipinski definition) is 17. The number of carbonyl (C=O) groups is 4. The van der Waals surface area contributed by atoms with E-state index in [4.69, 9.17) is 37.9 Å². The molecule has 7 aliphatic rings. The smallest absolute Gasteiger partial charge is 0.331 e. The van der Waals surface area contributed by atoms with E-state index >= 15 is 4.79 Å². The molecule has 3 aromatic carbocycles. The van der Waals surface area contributed by atoms with E-state index in [2.05, 4.69) is 27.3 Å². The first-order valence-corrected chi connectivity index (χ1v) is 23.3. The third-order valence-electron chi connectivity index (χ3n) is 13.7. The summed E-state index contributed by atoms with van der Waals surface area (Å²) in [5, 5.41) is 14.3. The van der Waals surface area contributed by atoms with Crippen molar-refractivity contribution < 1.29 is 57.1 Å². The first-order valence-electron chi connectivity index (χ1n) is 22.2. The van der Waals surface area contributed by atoms with Gasteiger partial charge in [-0.25, -0.2) is 4.79 Å². The fourth-order valence-corrected chi connectivity index (χ4v) is 12.8. The predicted octanol–water partition coefficient (Wildman–Crippen LogP) is 5.99. The number of thioether (sulfide) groups is 1. The highest BCUT2D eigenvalue weighted by Crippen LogP contribution is 2.65. The lowest BCUT2D eigenvalue weighted by molar-refractivity contribution is -0.157. The number of nitrogens with one attached hydrogen (secondary N) is 1. The molecule has 1 unspecified atom stereocenters. The summed E-state index contributed by atoms with van der Waals surface area (Å²) in [7, 11) is 5.04. The quantitative estimate of drug-likeness (QED) is 0.195. The number of carbonyl (C=O) groups excluding carboxylic acids is 4. The lowest BCUT2D eigenvalue weighted by atomic mass is 9.71. The van der Waals surface area contributed by atoms with Crippen LogP contribution in [0.3, 0.4) is 0 Å². The summed E-state index contributed by atoms with van der Waals surface area (Å²) in [5.74, 6) is 0.731. The lowest BCUT2D eigenvalue weighted by Gasteiger charge is -2.62. The van der Waals surface area contributed by atoms with Crippen LogP contribution in [0.15, 0.2) is 18.2 Å². The van der Waals surface area contributed by atoms with Crippen LogP contribution in [-0.4, -0.2) is 98.8 Å². The Kier molecular flexibility index (Phi) is 11.9. The van der Waals surface area contributed by atoms with E-state index in [0.717, 1.165) is 22.3 Å². The van der Waals surface area contributed by atoms with E-state index in [9.17, 15) is 19.6 Å². The molecule has 17 heteroatoms. The van der Waals surface area contributed by atoms with Crippen molar-refractivity contribution in [3.8, 4) is 46.3 Å². The molecule has 0 amide bonds. The number of nitriles is 1. The van der Waals surface area contributed by atoms with Crippen molar-refractivity contribution in [1.29, 1.82) is 5.26 Å². The zero-order chi connectivity index (χ0) is 46.1. The Morgan fingerprint density at radius 1 is 0.908 bits per heavy atom. The van der Waals surface area contributed by atoms with Gasteiger partial charge < -0.3 is 37.9 Å². The molecule has 7 heterocycles. The van der Waals surface area contributed by atoms with Crippen molar-refractivity contribution in [3.05, 3.63) is 62.7 Å². The topological polar surface area (TPSA) is 184 Å². The maximum absolute atomic E-state index is 15.1. The van der Waals surface area contributed by atoms with E-state index in [1.807, 2.05) is 34.7 Å². The largest absolute Gasteiger partial charge is 0.493 e. The van der Waals surface area contributed by atoms with Crippen molar-refractivity contribution in [2.75, 3.05) is 47.0 Å². The Bertz CT molecular complexity index is 2540. The van der Waals surface area contributed by atoms with Crippen LogP contribution < -0.4 is 38.5 Å². The average molecular weight is 911 g/mol. The summed E-state index contributed by atoms with van der Waals surface area (Å²) in [6.45, 7) is 9.01. The molecule has 4 bridgehead atoms. The minimum Gasteiger partial charge on any atom is -0.493 e. The first-order chi connectivity index (χ1) is 31.3. The van der Waals surface area contributed by atoms with E-state index < -0.39 is 58.8 Å². The van der Waals surface area contributed by atoms with Crippen LogP contribution in [0.5, 0.6) is 40.2 Å². The van der Waals surface area contributed by atoms with Gasteiger partial charge in [-0.15, -0.1) is 11.8 Å². The Hall–Kier alpha value is -5.54. The summed E-state index contributed by atoms with van der Waals surface area (Å²) in [5.41, 5.74) is 4.32. The van der Waals surface area contributed by atoms with Crippen LogP contribution in [0.2, 0.25) is 0 Å². The number of likely N-dealkylation sites (N-methyl/N-ethyl adjacent to an activating group) is 1. The van der Waals surface area contributed by atoms with E-state index in [0.29, 0.717) is 83.2 Å². The number of nitrogens with zero attached hydrogens (tertiary/aromatic N) is 3. The van der Waals surface area contributed by atoms with Gasteiger partial charge in [-0.05, 0) is 81.0 Å². The second-order valence-electron chi connectivity index (χ2n) is 17.5. The summed E-state index contributed by atoms with van der Waals surface area (Å²) >= 11 is 1.47. The number of ether oxygens (including phenoxy) is 8. The molecule has 0 aromatic heterocycles. The van der Waals surface area contributed by atoms with Crippen LogP contribution in [0.25, 0.3) is 0 Å². The molecule has 16 nitrogen and oxygen atoms in total. The molecule has 0 saturated carbocycles. The molecule has 1 N–H and O–H groups in total. The molecule has 344 valence electrons. The van der Waals surface area contributed by atoms with Gasteiger partial charge in [0.15, 0.2) is 40.0 Å². The molecule has 7 aliphatic heterocycles. The third-order valence-corrected chi connectivity index (χ3v) is 15.2. The second-order valence-corrected chi connectivity index (χ2v) is 18.6. The highest BCUT2D eigenvalue weighted by atomic mass is 32.2. The van der Waals surface area contributed by atoms with Gasteiger partial charge >= 0.3 is 23.9 Å². The van der Waals surface area contributed by atoms with Crippen molar-refractivity contribution in [1.82, 2.24) is 15.1 Å². The zero-order valence-corrected chi connectivity index (χ0v) is 38.7. The Morgan fingerprint density at radius 3 is 2.34 bits per heavy atom. The van der Waals surface area contributed by atoms with E-state index in [-0.39, 0.29) is 49.5 Å². The molecular weight excluding hydrogens is 857 g/mol. The minimum atomic E-state index is -1.43. The summed E-state index contributed by atoms with van der Waals surface area (Å²) < 4.78 is 49.1. The molecule has 0 radical (unpaired) electrons. The molecule has 10 rings (SSSR count). The molecule has 65 heavy (non-hydrogen) atoms. The number of methoxy groups -OCH3 is 2.